The Balaban J connectivity index is 1.06. The predicted octanol–water partition coefficient (Wildman–Crippen LogP) is 9.15. The van der Waals surface area contributed by atoms with Gasteiger partial charge >= 0.3 is 5.97 Å². The normalized spacial score (nSPS) is 17.6. The maximum Gasteiger partial charge on any atom is 0.343 e. The van der Waals surface area contributed by atoms with Crippen LogP contribution in [-0.2, 0) is 5.41 Å². The Kier molecular flexibility index (Phi) is 8.48. The summed E-state index contributed by atoms with van der Waals surface area (Å²) in [5, 5.41) is 0. The van der Waals surface area contributed by atoms with Gasteiger partial charge in [0.1, 0.15) is 17.2 Å². The average Bonchev–Trinajstić information content (AvgIpc) is 3.22. The van der Waals surface area contributed by atoms with Gasteiger partial charge in [0.25, 0.3) is 0 Å². The number of ether oxygens (including phenoxy) is 3. The number of likely N-dealkylation sites (N-methyl/N-ethyl adjacent to an activating group) is 1. The zero-order chi connectivity index (χ0) is 31.4. The smallest absolute Gasteiger partial charge is 0.343 e. The number of unbranched alkanes of at least 4 members (excludes halogenated alkanes) is 3. The minimum absolute atomic E-state index is 0.285. The first-order valence-electron chi connectivity index (χ1n) is 15.8. The number of aliphatic imine (C=N–C) groups is 1. The Morgan fingerprint density at radius 2 is 1.67 bits per heavy atom. The largest absolute Gasteiger partial charge is 0.494 e. The number of hydrogen-bond donors (Lipinski definition) is 0. The highest BCUT2D eigenvalue weighted by Gasteiger charge is 2.57. The molecule has 0 aliphatic carbocycles. The van der Waals surface area contributed by atoms with E-state index in [4.69, 9.17) is 14.2 Å². The number of hydrogen-bond acceptors (Lipinski definition) is 6. The van der Waals surface area contributed by atoms with E-state index in [-0.39, 0.29) is 5.41 Å². The molecule has 2 heterocycles. The summed E-state index contributed by atoms with van der Waals surface area (Å²) in [6, 6.07) is 28.9. The van der Waals surface area contributed by atoms with Crippen LogP contribution in [0, 0.1) is 0 Å². The highest BCUT2D eigenvalue weighted by atomic mass is 16.5. The van der Waals surface area contributed by atoms with E-state index in [0.717, 1.165) is 47.0 Å². The number of anilines is 1. The van der Waals surface area contributed by atoms with Crippen molar-refractivity contribution < 1.29 is 19.0 Å². The number of benzene rings is 4. The minimum Gasteiger partial charge on any atom is -0.494 e. The third-order valence-electron chi connectivity index (χ3n) is 8.89. The van der Waals surface area contributed by atoms with Crippen molar-refractivity contribution in [3.05, 3.63) is 119 Å². The van der Waals surface area contributed by atoms with Gasteiger partial charge in [-0.15, -0.1) is 0 Å². The van der Waals surface area contributed by atoms with Gasteiger partial charge in [-0.2, -0.15) is 0 Å². The molecule has 1 atom stereocenters. The summed E-state index contributed by atoms with van der Waals surface area (Å²) in [5.74, 6) is 1.63. The molecule has 6 nitrogen and oxygen atoms in total. The second-order valence-corrected chi connectivity index (χ2v) is 12.2. The van der Waals surface area contributed by atoms with Crippen molar-refractivity contribution >= 4 is 29.6 Å². The van der Waals surface area contributed by atoms with Crippen molar-refractivity contribution in [1.29, 1.82) is 0 Å². The molecular formula is C39H40N2O4. The number of carbonyl (C=O) groups is 1. The number of rotatable bonds is 10. The van der Waals surface area contributed by atoms with Crippen LogP contribution in [0.15, 0.2) is 102 Å². The molecule has 4 aromatic rings. The standard InChI is InChI=1S/C39H40N2O4/c1-5-6-7-10-25-43-32-18-13-28(14-19-32)27-40-31-16-20-33(21-17-31)44-37(42)30-15-22-36-29(26-30)23-24-39(45-36)38(2,3)34-11-8-9-12-35(34)41(39)4/h8-9,11-24,26-27H,5-7,10,25H2,1-4H3/t39-/m1/s1. The van der Waals surface area contributed by atoms with Crippen LogP contribution in [0.4, 0.5) is 11.4 Å². The molecule has 2 aliphatic heterocycles. The van der Waals surface area contributed by atoms with Crippen LogP contribution in [0.5, 0.6) is 17.2 Å². The van der Waals surface area contributed by atoms with Crippen LogP contribution >= 0.6 is 0 Å². The van der Waals surface area contributed by atoms with Crippen molar-refractivity contribution in [2.45, 2.75) is 57.6 Å². The molecule has 0 saturated carbocycles. The van der Waals surface area contributed by atoms with E-state index in [0.29, 0.717) is 11.3 Å². The van der Waals surface area contributed by atoms with Gasteiger partial charge in [-0.05, 0) is 116 Å². The summed E-state index contributed by atoms with van der Waals surface area (Å²) in [6.45, 7) is 7.36. The van der Waals surface area contributed by atoms with E-state index >= 15 is 0 Å². The van der Waals surface area contributed by atoms with Crippen LogP contribution < -0.4 is 19.1 Å². The van der Waals surface area contributed by atoms with E-state index in [1.54, 1.807) is 18.2 Å². The maximum atomic E-state index is 13.1. The molecule has 45 heavy (non-hydrogen) atoms. The van der Waals surface area contributed by atoms with E-state index in [9.17, 15) is 4.79 Å². The molecule has 6 heteroatoms. The summed E-state index contributed by atoms with van der Waals surface area (Å²) in [4.78, 5) is 19.8. The first kappa shape index (κ1) is 30.2. The van der Waals surface area contributed by atoms with Crippen LogP contribution in [0.2, 0.25) is 0 Å². The van der Waals surface area contributed by atoms with E-state index in [1.807, 2.05) is 60.8 Å². The Morgan fingerprint density at radius 3 is 2.42 bits per heavy atom. The van der Waals surface area contributed by atoms with Crippen LogP contribution in [0.3, 0.4) is 0 Å². The van der Waals surface area contributed by atoms with E-state index < -0.39 is 11.7 Å². The molecule has 230 valence electrons. The predicted molar refractivity (Wildman–Crippen MR) is 181 cm³/mol. The number of esters is 1. The van der Waals surface area contributed by atoms with Crippen molar-refractivity contribution in [3.63, 3.8) is 0 Å². The van der Waals surface area contributed by atoms with Crippen molar-refractivity contribution in [2.24, 2.45) is 4.99 Å². The van der Waals surface area contributed by atoms with Gasteiger partial charge in [0.05, 0.1) is 23.3 Å². The third-order valence-corrected chi connectivity index (χ3v) is 8.89. The van der Waals surface area contributed by atoms with Crippen molar-refractivity contribution in [2.75, 3.05) is 18.6 Å². The average molecular weight is 601 g/mol. The number of carbonyl (C=O) groups excluding carboxylic acids is 1. The zero-order valence-corrected chi connectivity index (χ0v) is 26.5. The lowest BCUT2D eigenvalue weighted by Gasteiger charge is -2.45. The zero-order valence-electron chi connectivity index (χ0n) is 26.5. The van der Waals surface area contributed by atoms with Gasteiger partial charge in [0.15, 0.2) is 0 Å². The maximum absolute atomic E-state index is 13.1. The second-order valence-electron chi connectivity index (χ2n) is 12.2. The third kappa shape index (κ3) is 5.97. The summed E-state index contributed by atoms with van der Waals surface area (Å²) in [7, 11) is 2.06. The summed E-state index contributed by atoms with van der Waals surface area (Å²) in [6.07, 6.45) is 10.7. The fourth-order valence-corrected chi connectivity index (χ4v) is 6.19. The number of nitrogens with zero attached hydrogens (tertiary/aromatic N) is 2. The summed E-state index contributed by atoms with van der Waals surface area (Å²) < 4.78 is 18.2. The molecule has 0 N–H and O–H groups in total. The van der Waals surface area contributed by atoms with Gasteiger partial charge in [0.2, 0.25) is 5.72 Å². The highest BCUT2D eigenvalue weighted by Crippen LogP contribution is 2.54. The van der Waals surface area contributed by atoms with Gasteiger partial charge in [-0.1, -0.05) is 44.4 Å². The Morgan fingerprint density at radius 1 is 0.911 bits per heavy atom. The summed E-state index contributed by atoms with van der Waals surface area (Å²) >= 11 is 0. The lowest BCUT2D eigenvalue weighted by molar-refractivity contribution is 0.0581. The monoisotopic (exact) mass is 600 g/mol. The van der Waals surface area contributed by atoms with Gasteiger partial charge in [0, 0.05) is 24.5 Å². The van der Waals surface area contributed by atoms with Crippen molar-refractivity contribution in [3.8, 4) is 17.2 Å². The first-order chi connectivity index (χ1) is 21.8. The molecule has 0 aromatic heterocycles. The van der Waals surface area contributed by atoms with Crippen LogP contribution in [0.1, 0.15) is 73.5 Å². The topological polar surface area (TPSA) is 60.4 Å². The molecule has 0 bridgehead atoms. The van der Waals surface area contributed by atoms with Gasteiger partial charge in [-0.25, -0.2) is 4.79 Å². The molecule has 6 rings (SSSR count). The lowest BCUT2D eigenvalue weighted by Crippen LogP contribution is -2.58. The molecule has 0 saturated heterocycles. The molecule has 0 fully saturated rings. The molecule has 0 unspecified atom stereocenters. The Labute approximate surface area is 266 Å². The molecule has 4 aromatic carbocycles. The molecule has 0 radical (unpaired) electrons. The Hall–Kier alpha value is -4.84. The SMILES string of the molecule is CCCCCCOc1ccc(C=Nc2ccc(OC(=O)c3ccc4c(c3)C=C[C@]3(O4)N(C)c4ccccc4C3(C)C)cc2)cc1. The number of para-hydroxylation sites is 1. The van der Waals surface area contributed by atoms with Crippen LogP contribution in [-0.4, -0.2) is 31.6 Å². The first-order valence-corrected chi connectivity index (χ1v) is 15.8. The molecular weight excluding hydrogens is 560 g/mol. The van der Waals surface area contributed by atoms with Crippen molar-refractivity contribution in [1.82, 2.24) is 0 Å². The lowest BCUT2D eigenvalue weighted by atomic mass is 9.76. The molecule has 0 amide bonds. The molecule has 1 spiro atoms. The fraction of sp³-hybridized carbons (Fsp3) is 0.282. The van der Waals surface area contributed by atoms with E-state index in [1.165, 1.54) is 24.8 Å². The van der Waals surface area contributed by atoms with Crippen LogP contribution in [0.25, 0.3) is 6.08 Å². The molecule has 2 aliphatic rings. The second kappa shape index (κ2) is 12.6. The van der Waals surface area contributed by atoms with Gasteiger partial charge in [-0.3, -0.25) is 4.99 Å². The quantitative estimate of drug-likeness (QED) is 0.0786. The van der Waals surface area contributed by atoms with Gasteiger partial charge < -0.3 is 19.1 Å². The fourth-order valence-electron chi connectivity index (χ4n) is 6.19. The highest BCUT2D eigenvalue weighted by molar-refractivity contribution is 5.92. The number of fused-ring (bicyclic) bond motifs is 2. The summed E-state index contributed by atoms with van der Waals surface area (Å²) in [5.41, 5.74) is 4.48. The van der Waals surface area contributed by atoms with E-state index in [2.05, 4.69) is 68.1 Å². The Bertz CT molecular complexity index is 1720. The minimum atomic E-state index is -0.665.